The van der Waals surface area contributed by atoms with Crippen molar-refractivity contribution < 1.29 is 4.79 Å². The second-order valence-electron chi connectivity index (χ2n) is 6.72. The van der Waals surface area contributed by atoms with E-state index in [1.54, 1.807) is 6.33 Å². The summed E-state index contributed by atoms with van der Waals surface area (Å²) < 4.78 is 0. The number of benzene rings is 1. The van der Waals surface area contributed by atoms with Gasteiger partial charge in [-0.1, -0.05) is 43.2 Å². The summed E-state index contributed by atoms with van der Waals surface area (Å²) in [6.45, 7) is 1.48. The third-order valence-electron chi connectivity index (χ3n) is 5.00. The summed E-state index contributed by atoms with van der Waals surface area (Å²) in [5.41, 5.74) is 2.00. The zero-order valence-corrected chi connectivity index (χ0v) is 13.7. The van der Waals surface area contributed by atoms with Gasteiger partial charge in [0.1, 0.15) is 12.1 Å². The van der Waals surface area contributed by atoms with E-state index in [1.807, 2.05) is 36.4 Å². The van der Waals surface area contributed by atoms with Crippen LogP contribution in [0.2, 0.25) is 0 Å². The molecule has 1 aliphatic carbocycles. The molecular formula is C19H22N4O. The van der Waals surface area contributed by atoms with Gasteiger partial charge in [-0.15, -0.1) is 0 Å². The van der Waals surface area contributed by atoms with Crippen LogP contribution in [0.1, 0.15) is 25.7 Å². The van der Waals surface area contributed by atoms with Crippen molar-refractivity contribution in [1.29, 1.82) is 0 Å². The topological polar surface area (TPSA) is 58.1 Å². The van der Waals surface area contributed by atoms with Crippen molar-refractivity contribution in [2.24, 2.45) is 5.92 Å². The molecule has 124 valence electrons. The van der Waals surface area contributed by atoms with E-state index in [9.17, 15) is 4.79 Å². The Labute approximate surface area is 142 Å². The second kappa shape index (κ2) is 6.59. The van der Waals surface area contributed by atoms with Crippen LogP contribution in [0.3, 0.4) is 0 Å². The summed E-state index contributed by atoms with van der Waals surface area (Å²) >= 11 is 0. The quantitative estimate of drug-likeness (QED) is 0.940. The van der Waals surface area contributed by atoms with Crippen LogP contribution in [0.25, 0.3) is 11.3 Å². The van der Waals surface area contributed by atoms with Gasteiger partial charge in [0.25, 0.3) is 0 Å². The molecule has 2 fully saturated rings. The lowest BCUT2D eigenvalue weighted by molar-refractivity contribution is -0.126. The van der Waals surface area contributed by atoms with Crippen LogP contribution in [0.5, 0.6) is 0 Å². The van der Waals surface area contributed by atoms with Crippen molar-refractivity contribution in [2.45, 2.75) is 31.7 Å². The third kappa shape index (κ3) is 3.11. The van der Waals surface area contributed by atoms with E-state index in [2.05, 4.69) is 20.2 Å². The first-order valence-corrected chi connectivity index (χ1v) is 8.72. The van der Waals surface area contributed by atoms with Crippen molar-refractivity contribution in [1.82, 2.24) is 15.3 Å². The van der Waals surface area contributed by atoms with E-state index in [1.165, 1.54) is 12.8 Å². The van der Waals surface area contributed by atoms with Gasteiger partial charge in [0.2, 0.25) is 5.91 Å². The highest BCUT2D eigenvalue weighted by Crippen LogP contribution is 2.27. The van der Waals surface area contributed by atoms with Gasteiger partial charge < -0.3 is 10.2 Å². The molecule has 0 bridgehead atoms. The standard InChI is InChI=1S/C19H22N4O/c24-19(22-16-8-4-5-9-16)15-11-23(12-15)18-10-17(20-13-21-18)14-6-2-1-3-7-14/h1-3,6-7,10,13,15-16H,4-5,8-9,11-12H2,(H,22,24). The average Bonchev–Trinajstić information content (AvgIpc) is 3.07. The Hall–Kier alpha value is -2.43. The van der Waals surface area contributed by atoms with E-state index in [0.717, 1.165) is 43.0 Å². The predicted octanol–water partition coefficient (Wildman–Crippen LogP) is 2.64. The Balaban J connectivity index is 1.37. The van der Waals surface area contributed by atoms with Gasteiger partial charge >= 0.3 is 0 Å². The van der Waals surface area contributed by atoms with Crippen molar-refractivity contribution in [2.75, 3.05) is 18.0 Å². The first-order valence-electron chi connectivity index (χ1n) is 8.72. The Morgan fingerprint density at radius 1 is 1.08 bits per heavy atom. The monoisotopic (exact) mass is 322 g/mol. The smallest absolute Gasteiger partial charge is 0.226 e. The zero-order chi connectivity index (χ0) is 16.4. The molecule has 1 saturated carbocycles. The zero-order valence-electron chi connectivity index (χ0n) is 13.7. The number of anilines is 1. The maximum atomic E-state index is 12.3. The molecule has 0 spiro atoms. The van der Waals surface area contributed by atoms with Gasteiger partial charge in [-0.05, 0) is 12.8 Å². The van der Waals surface area contributed by atoms with Crippen molar-refractivity contribution in [3.63, 3.8) is 0 Å². The van der Waals surface area contributed by atoms with Crippen LogP contribution in [-0.4, -0.2) is 35.0 Å². The highest BCUT2D eigenvalue weighted by atomic mass is 16.2. The van der Waals surface area contributed by atoms with Gasteiger partial charge in [0.05, 0.1) is 11.6 Å². The highest BCUT2D eigenvalue weighted by Gasteiger charge is 2.34. The van der Waals surface area contributed by atoms with Crippen LogP contribution in [0.4, 0.5) is 5.82 Å². The fourth-order valence-electron chi connectivity index (χ4n) is 3.51. The maximum absolute atomic E-state index is 12.3. The normalized spacial score (nSPS) is 18.4. The molecule has 0 radical (unpaired) electrons. The minimum Gasteiger partial charge on any atom is -0.355 e. The molecule has 24 heavy (non-hydrogen) atoms. The van der Waals surface area contributed by atoms with E-state index in [0.29, 0.717) is 6.04 Å². The van der Waals surface area contributed by atoms with E-state index < -0.39 is 0 Å². The predicted molar refractivity (Wildman–Crippen MR) is 93.6 cm³/mol. The second-order valence-corrected chi connectivity index (χ2v) is 6.72. The molecule has 1 aromatic carbocycles. The van der Waals surface area contributed by atoms with Crippen LogP contribution in [-0.2, 0) is 4.79 Å². The first kappa shape index (κ1) is 15.1. The van der Waals surface area contributed by atoms with E-state index >= 15 is 0 Å². The summed E-state index contributed by atoms with van der Waals surface area (Å²) in [7, 11) is 0. The number of rotatable bonds is 4. The van der Waals surface area contributed by atoms with Gasteiger partial charge in [-0.25, -0.2) is 9.97 Å². The minimum atomic E-state index is 0.0840. The molecule has 1 N–H and O–H groups in total. The first-order chi connectivity index (χ1) is 11.8. The number of carbonyl (C=O) groups is 1. The Bertz CT molecular complexity index is 706. The molecular weight excluding hydrogens is 300 g/mol. The minimum absolute atomic E-state index is 0.0840. The molecule has 2 aromatic rings. The molecule has 2 heterocycles. The Morgan fingerprint density at radius 2 is 1.83 bits per heavy atom. The van der Waals surface area contributed by atoms with Crippen LogP contribution in [0, 0.1) is 5.92 Å². The lowest BCUT2D eigenvalue weighted by Gasteiger charge is -2.39. The third-order valence-corrected chi connectivity index (χ3v) is 5.00. The molecule has 0 unspecified atom stereocenters. The van der Waals surface area contributed by atoms with Gasteiger partial charge in [0, 0.05) is 30.8 Å². The Morgan fingerprint density at radius 3 is 2.58 bits per heavy atom. The molecule has 5 heteroatoms. The van der Waals surface area contributed by atoms with Crippen LogP contribution in [0.15, 0.2) is 42.7 Å². The molecule has 0 atom stereocenters. The molecule has 5 nitrogen and oxygen atoms in total. The summed E-state index contributed by atoms with van der Waals surface area (Å²) in [5, 5.41) is 3.19. The molecule has 1 saturated heterocycles. The molecule has 2 aliphatic rings. The fourth-order valence-corrected chi connectivity index (χ4v) is 3.51. The number of hydrogen-bond acceptors (Lipinski definition) is 4. The number of nitrogens with one attached hydrogen (secondary N) is 1. The van der Waals surface area contributed by atoms with Crippen molar-refractivity contribution in [3.05, 3.63) is 42.7 Å². The number of nitrogens with zero attached hydrogens (tertiary/aromatic N) is 3. The largest absolute Gasteiger partial charge is 0.355 e. The van der Waals surface area contributed by atoms with E-state index in [4.69, 9.17) is 0 Å². The van der Waals surface area contributed by atoms with E-state index in [-0.39, 0.29) is 11.8 Å². The number of hydrogen-bond donors (Lipinski definition) is 1. The van der Waals surface area contributed by atoms with Crippen LogP contribution >= 0.6 is 0 Å². The van der Waals surface area contributed by atoms with Gasteiger partial charge in [-0.3, -0.25) is 4.79 Å². The van der Waals surface area contributed by atoms with Gasteiger partial charge in [0.15, 0.2) is 0 Å². The fraction of sp³-hybridized carbons (Fsp3) is 0.421. The molecule has 1 aromatic heterocycles. The number of aromatic nitrogens is 2. The van der Waals surface area contributed by atoms with Crippen LogP contribution < -0.4 is 10.2 Å². The van der Waals surface area contributed by atoms with Gasteiger partial charge in [-0.2, -0.15) is 0 Å². The lowest BCUT2D eigenvalue weighted by atomic mass is 9.98. The molecule has 1 amide bonds. The molecule has 1 aliphatic heterocycles. The Kier molecular flexibility index (Phi) is 4.15. The summed E-state index contributed by atoms with van der Waals surface area (Å²) in [6.07, 6.45) is 6.35. The highest BCUT2D eigenvalue weighted by molar-refractivity contribution is 5.82. The number of carbonyl (C=O) groups excluding carboxylic acids is 1. The van der Waals surface area contributed by atoms with Crippen molar-refractivity contribution >= 4 is 11.7 Å². The lowest BCUT2D eigenvalue weighted by Crippen LogP contribution is -2.55. The maximum Gasteiger partial charge on any atom is 0.226 e. The average molecular weight is 322 g/mol. The summed E-state index contributed by atoms with van der Waals surface area (Å²) in [4.78, 5) is 23.1. The SMILES string of the molecule is O=C(NC1CCCC1)C1CN(c2cc(-c3ccccc3)ncn2)C1. The van der Waals surface area contributed by atoms with Crippen molar-refractivity contribution in [3.8, 4) is 11.3 Å². The molecule has 4 rings (SSSR count). The number of amides is 1. The summed E-state index contributed by atoms with van der Waals surface area (Å²) in [6, 6.07) is 12.5. The summed E-state index contributed by atoms with van der Waals surface area (Å²) in [5.74, 6) is 1.19.